The lowest BCUT2D eigenvalue weighted by Gasteiger charge is -2.13. The quantitative estimate of drug-likeness (QED) is 0.676. The summed E-state index contributed by atoms with van der Waals surface area (Å²) in [6.07, 6.45) is 1.53. The molecule has 5 heteroatoms. The summed E-state index contributed by atoms with van der Waals surface area (Å²) in [4.78, 5) is 16.0. The van der Waals surface area contributed by atoms with Crippen LogP contribution in [0, 0.1) is 0 Å². The molecule has 0 fully saturated rings. The molecule has 0 bridgehead atoms. The highest BCUT2D eigenvalue weighted by Crippen LogP contribution is 2.32. The monoisotopic (exact) mass is 284 g/mol. The third-order valence-corrected chi connectivity index (χ3v) is 2.62. The van der Waals surface area contributed by atoms with Crippen LogP contribution in [0.4, 0.5) is 5.69 Å². The fourth-order valence-electron chi connectivity index (χ4n) is 1.77. The van der Waals surface area contributed by atoms with E-state index >= 15 is 0 Å². The van der Waals surface area contributed by atoms with E-state index < -0.39 is 0 Å². The molecule has 0 radical (unpaired) electrons. The fraction of sp³-hybridized carbons (Fsp3) is 0.125. The fourth-order valence-corrected chi connectivity index (χ4v) is 1.77. The molecule has 1 N–H and O–H groups in total. The predicted molar refractivity (Wildman–Crippen MR) is 81.9 cm³/mol. The van der Waals surface area contributed by atoms with Crippen molar-refractivity contribution in [3.8, 4) is 11.5 Å². The Morgan fingerprint density at radius 2 is 1.90 bits per heavy atom. The molecule has 2 aromatic rings. The number of carbonyl (C=O) groups excluding carboxylic acids is 1. The van der Waals surface area contributed by atoms with Crippen molar-refractivity contribution >= 4 is 17.8 Å². The molecule has 0 aliphatic heterocycles. The number of anilines is 1. The maximum absolute atomic E-state index is 11.3. The van der Waals surface area contributed by atoms with Crippen LogP contribution in [0.2, 0.25) is 0 Å². The zero-order valence-corrected chi connectivity index (χ0v) is 11.9. The summed E-state index contributed by atoms with van der Waals surface area (Å²) >= 11 is 0. The van der Waals surface area contributed by atoms with Gasteiger partial charge < -0.3 is 14.9 Å². The highest BCUT2D eigenvalue weighted by Gasteiger charge is 2.11. The minimum Gasteiger partial charge on any atom is -0.454 e. The lowest BCUT2D eigenvalue weighted by Crippen LogP contribution is -2.08. The molecular weight excluding hydrogens is 268 g/mol. The average molecular weight is 284 g/mol. The van der Waals surface area contributed by atoms with Gasteiger partial charge in [0.25, 0.3) is 0 Å². The van der Waals surface area contributed by atoms with Crippen LogP contribution < -0.4 is 10.1 Å². The maximum atomic E-state index is 11.3. The van der Waals surface area contributed by atoms with Crippen molar-refractivity contribution < 1.29 is 14.4 Å². The molecule has 5 nitrogen and oxygen atoms in total. The molecule has 0 aliphatic rings. The van der Waals surface area contributed by atoms with Crippen molar-refractivity contribution in [3.63, 3.8) is 0 Å². The second-order valence-corrected chi connectivity index (χ2v) is 4.24. The molecule has 0 saturated heterocycles. The number of ether oxygens (including phenoxy) is 1. The topological polar surface area (TPSA) is 59.9 Å². The van der Waals surface area contributed by atoms with Crippen LogP contribution in [0.25, 0.3) is 0 Å². The predicted octanol–water partition coefficient (Wildman–Crippen LogP) is 3.42. The summed E-state index contributed by atoms with van der Waals surface area (Å²) in [5, 5.41) is 6.49. The first-order valence-electron chi connectivity index (χ1n) is 6.40. The summed E-state index contributed by atoms with van der Waals surface area (Å²) in [6, 6.07) is 14.7. The molecule has 2 rings (SSSR count). The molecule has 1 amide bonds. The molecule has 0 unspecified atom stereocenters. The Balaban J connectivity index is 2.42. The van der Waals surface area contributed by atoms with Gasteiger partial charge in [0.15, 0.2) is 5.75 Å². The van der Waals surface area contributed by atoms with E-state index in [1.807, 2.05) is 36.4 Å². The average Bonchev–Trinajstić information content (AvgIpc) is 2.48. The zero-order valence-electron chi connectivity index (χ0n) is 11.9. The number of carbonyl (C=O) groups is 1. The molecular formula is C16H16N2O3. The smallest absolute Gasteiger partial charge is 0.221 e. The highest BCUT2D eigenvalue weighted by molar-refractivity contribution is 5.94. The zero-order chi connectivity index (χ0) is 15.1. The lowest BCUT2D eigenvalue weighted by molar-refractivity contribution is -0.114. The first-order valence-corrected chi connectivity index (χ1v) is 6.40. The van der Waals surface area contributed by atoms with Crippen molar-refractivity contribution in [3.05, 3.63) is 54.1 Å². The number of hydrogen-bond donors (Lipinski definition) is 1. The van der Waals surface area contributed by atoms with Gasteiger partial charge in [0.05, 0.1) is 11.9 Å². The lowest BCUT2D eigenvalue weighted by atomic mass is 10.2. The molecule has 108 valence electrons. The molecule has 0 spiro atoms. The normalized spacial score (nSPS) is 10.4. The third kappa shape index (κ3) is 4.07. The van der Waals surface area contributed by atoms with Gasteiger partial charge in [-0.05, 0) is 24.3 Å². The molecule has 2 aromatic carbocycles. The molecule has 0 heterocycles. The van der Waals surface area contributed by atoms with E-state index in [1.54, 1.807) is 12.1 Å². The van der Waals surface area contributed by atoms with Crippen molar-refractivity contribution in [2.75, 3.05) is 12.4 Å². The third-order valence-electron chi connectivity index (χ3n) is 2.62. The van der Waals surface area contributed by atoms with Crippen LogP contribution in [0.5, 0.6) is 11.5 Å². The Bertz CT molecular complexity index is 639. The van der Waals surface area contributed by atoms with Crippen LogP contribution in [0.1, 0.15) is 12.5 Å². The van der Waals surface area contributed by atoms with Crippen LogP contribution in [0.3, 0.4) is 0 Å². The Kier molecular flexibility index (Phi) is 4.93. The van der Waals surface area contributed by atoms with Gasteiger partial charge in [-0.1, -0.05) is 29.4 Å². The number of hydrogen-bond acceptors (Lipinski definition) is 4. The number of nitrogens with zero attached hydrogens (tertiary/aromatic N) is 1. The van der Waals surface area contributed by atoms with Crippen molar-refractivity contribution in [2.24, 2.45) is 5.16 Å². The van der Waals surface area contributed by atoms with E-state index in [0.29, 0.717) is 22.7 Å². The molecule has 21 heavy (non-hydrogen) atoms. The van der Waals surface area contributed by atoms with Crippen LogP contribution in [-0.4, -0.2) is 19.2 Å². The van der Waals surface area contributed by atoms with Gasteiger partial charge in [-0.3, -0.25) is 4.79 Å². The van der Waals surface area contributed by atoms with Crippen LogP contribution in [0.15, 0.2) is 53.7 Å². The van der Waals surface area contributed by atoms with Gasteiger partial charge in [0.1, 0.15) is 12.9 Å². The maximum Gasteiger partial charge on any atom is 0.221 e. The minimum absolute atomic E-state index is 0.172. The first kappa shape index (κ1) is 14.6. The van der Waals surface area contributed by atoms with E-state index in [0.717, 1.165) is 0 Å². The number of para-hydroxylation sites is 2. The highest BCUT2D eigenvalue weighted by atomic mass is 16.6. The molecule has 0 saturated carbocycles. The second kappa shape index (κ2) is 7.09. The van der Waals surface area contributed by atoms with E-state index in [1.165, 1.54) is 20.2 Å². The minimum atomic E-state index is -0.172. The Morgan fingerprint density at radius 1 is 1.14 bits per heavy atom. The summed E-state index contributed by atoms with van der Waals surface area (Å²) in [7, 11) is 1.46. The SMILES string of the molecule is CO/N=C/c1cccc(NC(C)=O)c1Oc1ccccc1. The van der Waals surface area contributed by atoms with Crippen LogP contribution in [-0.2, 0) is 9.63 Å². The summed E-state index contributed by atoms with van der Waals surface area (Å²) < 4.78 is 5.88. The van der Waals surface area contributed by atoms with Gasteiger partial charge >= 0.3 is 0 Å². The van der Waals surface area contributed by atoms with E-state index in [-0.39, 0.29) is 5.91 Å². The number of rotatable bonds is 5. The summed E-state index contributed by atoms with van der Waals surface area (Å²) in [5.74, 6) is 1.01. The van der Waals surface area contributed by atoms with Gasteiger partial charge in [0, 0.05) is 12.5 Å². The Labute approximate surface area is 123 Å². The molecule has 0 aliphatic carbocycles. The standard InChI is InChI=1S/C16H16N2O3/c1-12(19)18-15-10-6-7-13(11-17-20-2)16(15)21-14-8-4-3-5-9-14/h3-11H,1-2H3,(H,18,19)/b17-11+. The number of amides is 1. The van der Waals surface area contributed by atoms with E-state index in [4.69, 9.17) is 9.57 Å². The number of nitrogens with one attached hydrogen (secondary N) is 1. The van der Waals surface area contributed by atoms with Gasteiger partial charge in [0.2, 0.25) is 5.91 Å². The Hall–Kier alpha value is -2.82. The second-order valence-electron chi connectivity index (χ2n) is 4.24. The van der Waals surface area contributed by atoms with Crippen molar-refractivity contribution in [2.45, 2.75) is 6.92 Å². The first-order chi connectivity index (χ1) is 10.2. The van der Waals surface area contributed by atoms with Crippen molar-refractivity contribution in [1.29, 1.82) is 0 Å². The number of oxime groups is 1. The molecule has 0 atom stereocenters. The van der Waals surface area contributed by atoms with Crippen molar-refractivity contribution in [1.82, 2.24) is 0 Å². The van der Waals surface area contributed by atoms with E-state index in [9.17, 15) is 4.79 Å². The Morgan fingerprint density at radius 3 is 2.57 bits per heavy atom. The van der Waals surface area contributed by atoms with E-state index in [2.05, 4.69) is 10.5 Å². The van der Waals surface area contributed by atoms with Gasteiger partial charge in [-0.2, -0.15) is 0 Å². The van der Waals surface area contributed by atoms with Gasteiger partial charge in [-0.15, -0.1) is 0 Å². The largest absolute Gasteiger partial charge is 0.454 e. The molecule has 0 aromatic heterocycles. The summed E-state index contributed by atoms with van der Waals surface area (Å²) in [5.41, 5.74) is 1.28. The number of benzene rings is 2. The van der Waals surface area contributed by atoms with Crippen LogP contribution >= 0.6 is 0 Å². The van der Waals surface area contributed by atoms with Gasteiger partial charge in [-0.25, -0.2) is 0 Å². The summed E-state index contributed by atoms with van der Waals surface area (Å²) in [6.45, 7) is 1.45.